The Morgan fingerprint density at radius 3 is 2.82 bits per heavy atom. The molecule has 2 aromatic rings. The summed E-state index contributed by atoms with van der Waals surface area (Å²) in [6, 6.07) is 8.39. The van der Waals surface area contributed by atoms with Gasteiger partial charge in [0.1, 0.15) is 5.52 Å². The smallest absolute Gasteiger partial charge is 0.256 e. The first-order valence-corrected chi connectivity index (χ1v) is 6.76. The zero-order chi connectivity index (χ0) is 12.3. The van der Waals surface area contributed by atoms with Gasteiger partial charge in [0.25, 0.3) is 5.22 Å². The first-order chi connectivity index (χ1) is 8.19. The molecule has 2 unspecified atom stereocenters. The zero-order valence-corrected chi connectivity index (χ0v) is 11.3. The van der Waals surface area contributed by atoms with E-state index in [2.05, 4.69) is 24.1 Å². The molecule has 0 bridgehead atoms. The molecule has 1 heterocycles. The van der Waals surface area contributed by atoms with Crippen LogP contribution in [-0.2, 0) is 0 Å². The summed E-state index contributed by atoms with van der Waals surface area (Å²) >= 11 is 1.70. The predicted molar refractivity (Wildman–Crippen MR) is 72.5 cm³/mol. The van der Waals surface area contributed by atoms with Crippen molar-refractivity contribution in [1.29, 1.82) is 0 Å². The summed E-state index contributed by atoms with van der Waals surface area (Å²) in [7, 11) is 1.99. The SMILES string of the molecule is CNC(C)CC(C)Sc1nc2ccccc2o1. The predicted octanol–water partition coefficient (Wildman–Crippen LogP) is 3.31. The maximum atomic E-state index is 5.69. The minimum absolute atomic E-state index is 0.491. The second kappa shape index (κ2) is 5.56. The van der Waals surface area contributed by atoms with Gasteiger partial charge in [-0.05, 0) is 32.5 Å². The van der Waals surface area contributed by atoms with E-state index in [1.54, 1.807) is 11.8 Å². The van der Waals surface area contributed by atoms with Crippen LogP contribution in [0.3, 0.4) is 0 Å². The maximum Gasteiger partial charge on any atom is 0.256 e. The number of thioether (sulfide) groups is 1. The van der Waals surface area contributed by atoms with E-state index in [1.165, 1.54) is 0 Å². The lowest BCUT2D eigenvalue weighted by atomic mass is 10.2. The van der Waals surface area contributed by atoms with Gasteiger partial charge < -0.3 is 9.73 Å². The van der Waals surface area contributed by atoms with Gasteiger partial charge in [0.15, 0.2) is 5.58 Å². The average Bonchev–Trinajstić information content (AvgIpc) is 2.70. The molecule has 0 aliphatic rings. The highest BCUT2D eigenvalue weighted by atomic mass is 32.2. The Bertz CT molecular complexity index is 450. The van der Waals surface area contributed by atoms with Gasteiger partial charge in [-0.1, -0.05) is 30.8 Å². The van der Waals surface area contributed by atoms with Crippen LogP contribution in [0.25, 0.3) is 11.1 Å². The van der Waals surface area contributed by atoms with Crippen molar-refractivity contribution in [1.82, 2.24) is 10.3 Å². The third-order valence-corrected chi connectivity index (χ3v) is 3.73. The molecule has 0 radical (unpaired) electrons. The third-order valence-electron chi connectivity index (χ3n) is 2.75. The van der Waals surface area contributed by atoms with Crippen LogP contribution in [0.4, 0.5) is 0 Å². The van der Waals surface area contributed by atoms with Crippen LogP contribution in [0.15, 0.2) is 33.9 Å². The van der Waals surface area contributed by atoms with Crippen molar-refractivity contribution in [2.45, 2.75) is 36.8 Å². The maximum absolute atomic E-state index is 5.69. The molecular formula is C13H18N2OS. The number of nitrogens with one attached hydrogen (secondary N) is 1. The van der Waals surface area contributed by atoms with Crippen LogP contribution < -0.4 is 5.32 Å². The number of nitrogens with zero attached hydrogens (tertiary/aromatic N) is 1. The monoisotopic (exact) mass is 250 g/mol. The van der Waals surface area contributed by atoms with Gasteiger partial charge in [0, 0.05) is 11.3 Å². The highest BCUT2D eigenvalue weighted by Gasteiger charge is 2.12. The lowest BCUT2D eigenvalue weighted by Gasteiger charge is -2.14. The Morgan fingerprint density at radius 2 is 2.12 bits per heavy atom. The van der Waals surface area contributed by atoms with Crippen LogP contribution in [0.2, 0.25) is 0 Å². The molecule has 0 fully saturated rings. The van der Waals surface area contributed by atoms with Crippen molar-refractivity contribution in [2.75, 3.05) is 7.05 Å². The lowest BCUT2D eigenvalue weighted by Crippen LogP contribution is -2.24. The Labute approximate surface area is 106 Å². The molecule has 1 aromatic carbocycles. The number of aromatic nitrogens is 1. The zero-order valence-electron chi connectivity index (χ0n) is 10.4. The minimum atomic E-state index is 0.491. The van der Waals surface area contributed by atoms with Gasteiger partial charge in [-0.2, -0.15) is 0 Å². The fourth-order valence-corrected chi connectivity index (χ4v) is 2.76. The van der Waals surface area contributed by atoms with Crippen molar-refractivity contribution in [2.24, 2.45) is 0 Å². The molecule has 4 heteroatoms. The van der Waals surface area contributed by atoms with Gasteiger partial charge in [-0.3, -0.25) is 0 Å². The molecular weight excluding hydrogens is 232 g/mol. The van der Waals surface area contributed by atoms with E-state index in [9.17, 15) is 0 Å². The summed E-state index contributed by atoms with van der Waals surface area (Å²) in [5.41, 5.74) is 1.80. The summed E-state index contributed by atoms with van der Waals surface area (Å²) in [4.78, 5) is 4.46. The molecule has 2 rings (SSSR count). The largest absolute Gasteiger partial charge is 0.431 e. The Balaban J connectivity index is 2.03. The van der Waals surface area contributed by atoms with Gasteiger partial charge in [-0.25, -0.2) is 4.98 Å². The normalized spacial score (nSPS) is 15.0. The van der Waals surface area contributed by atoms with Crippen LogP contribution >= 0.6 is 11.8 Å². The van der Waals surface area contributed by atoms with E-state index < -0.39 is 0 Å². The van der Waals surface area contributed by atoms with Crippen molar-refractivity contribution in [3.05, 3.63) is 24.3 Å². The Morgan fingerprint density at radius 1 is 1.35 bits per heavy atom. The van der Waals surface area contributed by atoms with E-state index in [0.717, 1.165) is 22.7 Å². The standard InChI is InChI=1S/C13H18N2OS/c1-9(14-3)8-10(2)17-13-15-11-6-4-5-7-12(11)16-13/h4-7,9-10,14H,8H2,1-3H3. The molecule has 2 atom stereocenters. The van der Waals surface area contributed by atoms with Gasteiger partial charge in [0.05, 0.1) is 0 Å². The van der Waals surface area contributed by atoms with E-state index in [1.807, 2.05) is 31.3 Å². The molecule has 0 amide bonds. The van der Waals surface area contributed by atoms with Crippen LogP contribution in [-0.4, -0.2) is 23.3 Å². The molecule has 0 saturated heterocycles. The number of fused-ring (bicyclic) bond motifs is 1. The van der Waals surface area contributed by atoms with Crippen molar-refractivity contribution >= 4 is 22.9 Å². The molecule has 0 spiro atoms. The van der Waals surface area contributed by atoms with E-state index in [-0.39, 0.29) is 0 Å². The van der Waals surface area contributed by atoms with Crippen LogP contribution in [0.1, 0.15) is 20.3 Å². The van der Waals surface area contributed by atoms with Gasteiger partial charge in [0.2, 0.25) is 0 Å². The highest BCUT2D eigenvalue weighted by Crippen LogP contribution is 2.28. The number of hydrogen-bond acceptors (Lipinski definition) is 4. The van der Waals surface area contributed by atoms with Crippen LogP contribution in [0.5, 0.6) is 0 Å². The number of benzene rings is 1. The number of oxazole rings is 1. The number of para-hydroxylation sites is 2. The minimum Gasteiger partial charge on any atom is -0.431 e. The van der Waals surface area contributed by atoms with Crippen molar-refractivity contribution in [3.8, 4) is 0 Å². The molecule has 1 N–H and O–H groups in total. The number of hydrogen-bond donors (Lipinski definition) is 1. The lowest BCUT2D eigenvalue weighted by molar-refractivity contribution is 0.485. The second-order valence-corrected chi connectivity index (χ2v) is 5.69. The van der Waals surface area contributed by atoms with Crippen LogP contribution in [0, 0.1) is 0 Å². The Hall–Kier alpha value is -1.00. The molecule has 17 heavy (non-hydrogen) atoms. The summed E-state index contributed by atoms with van der Waals surface area (Å²) in [5.74, 6) is 0. The van der Waals surface area contributed by atoms with Crippen molar-refractivity contribution < 1.29 is 4.42 Å². The molecule has 0 aliphatic heterocycles. The first kappa shape index (κ1) is 12.5. The average molecular weight is 250 g/mol. The summed E-state index contributed by atoms with van der Waals surface area (Å²) in [6.07, 6.45) is 1.10. The van der Waals surface area contributed by atoms with Gasteiger partial charge in [-0.15, -0.1) is 0 Å². The molecule has 0 saturated carbocycles. The highest BCUT2D eigenvalue weighted by molar-refractivity contribution is 7.99. The molecule has 0 aliphatic carbocycles. The third kappa shape index (κ3) is 3.23. The topological polar surface area (TPSA) is 38.1 Å². The van der Waals surface area contributed by atoms with E-state index >= 15 is 0 Å². The quantitative estimate of drug-likeness (QED) is 0.826. The Kier molecular flexibility index (Phi) is 4.07. The van der Waals surface area contributed by atoms with E-state index in [4.69, 9.17) is 4.42 Å². The van der Waals surface area contributed by atoms with Gasteiger partial charge >= 0.3 is 0 Å². The summed E-state index contributed by atoms with van der Waals surface area (Å²) < 4.78 is 5.69. The second-order valence-electron chi connectivity index (χ2n) is 4.30. The van der Waals surface area contributed by atoms with Crippen molar-refractivity contribution in [3.63, 3.8) is 0 Å². The molecule has 92 valence electrons. The summed E-state index contributed by atoms with van der Waals surface area (Å²) in [6.45, 7) is 4.39. The molecule has 1 aromatic heterocycles. The fraction of sp³-hybridized carbons (Fsp3) is 0.462. The molecule has 3 nitrogen and oxygen atoms in total. The fourth-order valence-electron chi connectivity index (χ4n) is 1.74. The van der Waals surface area contributed by atoms with E-state index in [0.29, 0.717) is 11.3 Å². The first-order valence-electron chi connectivity index (χ1n) is 5.88. The number of rotatable bonds is 5. The summed E-state index contributed by atoms with van der Waals surface area (Å²) in [5, 5.41) is 4.50.